The van der Waals surface area contributed by atoms with Crippen molar-refractivity contribution in [3.63, 3.8) is 0 Å². The molecule has 0 aromatic rings. The van der Waals surface area contributed by atoms with Gasteiger partial charge in [0.15, 0.2) is 0 Å². The maximum atomic E-state index is 6.41. The zero-order valence-electron chi connectivity index (χ0n) is 16.2. The molecule has 3 nitrogen and oxygen atoms in total. The van der Waals surface area contributed by atoms with Crippen molar-refractivity contribution in [3.05, 3.63) is 25.3 Å². The largest absolute Gasteiger partial charge is 0.369 e. The lowest BCUT2D eigenvalue weighted by molar-refractivity contribution is -0.207. The lowest BCUT2D eigenvalue weighted by atomic mass is 9.71. The van der Waals surface area contributed by atoms with Crippen LogP contribution in [-0.4, -0.2) is 41.3 Å². The molecule has 0 bridgehead atoms. The minimum Gasteiger partial charge on any atom is -0.369 e. The Morgan fingerprint density at radius 2 is 1.67 bits per heavy atom. The first-order chi connectivity index (χ1) is 11.1. The number of nitrogens with zero attached hydrogens (tertiary/aromatic N) is 1. The van der Waals surface area contributed by atoms with Crippen LogP contribution in [-0.2, 0) is 9.57 Å². The SMILES string of the molecule is C=CCN(CC=C)OCC(C)(C)OC1CCC(C(C)(C)C)CC1Br. The third-order valence-corrected chi connectivity index (χ3v) is 5.63. The lowest BCUT2D eigenvalue weighted by Crippen LogP contribution is -2.44. The van der Waals surface area contributed by atoms with Crippen LogP contribution in [0.25, 0.3) is 0 Å². The second-order valence-electron chi connectivity index (χ2n) is 8.51. The van der Waals surface area contributed by atoms with Crippen molar-refractivity contribution in [2.45, 2.75) is 70.4 Å². The van der Waals surface area contributed by atoms with Crippen molar-refractivity contribution < 1.29 is 9.57 Å². The van der Waals surface area contributed by atoms with Gasteiger partial charge in [0.05, 0.1) is 18.3 Å². The lowest BCUT2D eigenvalue weighted by Gasteiger charge is -2.42. The van der Waals surface area contributed by atoms with Crippen molar-refractivity contribution in [1.29, 1.82) is 0 Å². The highest BCUT2D eigenvalue weighted by atomic mass is 79.9. The van der Waals surface area contributed by atoms with E-state index in [1.54, 1.807) is 0 Å². The Morgan fingerprint density at radius 1 is 1.08 bits per heavy atom. The van der Waals surface area contributed by atoms with Crippen LogP contribution in [0.15, 0.2) is 25.3 Å². The molecule has 1 rings (SSSR count). The summed E-state index contributed by atoms with van der Waals surface area (Å²) in [5.74, 6) is 0.747. The summed E-state index contributed by atoms with van der Waals surface area (Å²) < 4.78 is 6.41. The summed E-state index contributed by atoms with van der Waals surface area (Å²) in [6.07, 6.45) is 7.41. The third kappa shape index (κ3) is 7.38. The number of hydrogen-bond acceptors (Lipinski definition) is 3. The van der Waals surface area contributed by atoms with Crippen LogP contribution in [0.1, 0.15) is 53.9 Å². The number of hydrogen-bond donors (Lipinski definition) is 0. The van der Waals surface area contributed by atoms with Gasteiger partial charge >= 0.3 is 0 Å². The number of ether oxygens (including phenoxy) is 1. The monoisotopic (exact) mass is 401 g/mol. The van der Waals surface area contributed by atoms with E-state index in [0.29, 0.717) is 29.9 Å². The van der Waals surface area contributed by atoms with Gasteiger partial charge in [0.2, 0.25) is 0 Å². The van der Waals surface area contributed by atoms with Crippen LogP contribution < -0.4 is 0 Å². The molecular formula is C20H36BrNO2. The molecule has 0 saturated heterocycles. The van der Waals surface area contributed by atoms with E-state index in [9.17, 15) is 0 Å². The summed E-state index contributed by atoms with van der Waals surface area (Å²) in [5, 5.41) is 1.85. The first-order valence-electron chi connectivity index (χ1n) is 9.00. The van der Waals surface area contributed by atoms with E-state index in [-0.39, 0.29) is 11.7 Å². The number of alkyl halides is 1. The Hall–Kier alpha value is -0.160. The molecule has 1 fully saturated rings. The molecule has 140 valence electrons. The van der Waals surface area contributed by atoms with E-state index in [1.165, 1.54) is 12.8 Å². The Labute approximate surface area is 157 Å². The molecular weight excluding hydrogens is 366 g/mol. The second-order valence-corrected chi connectivity index (χ2v) is 9.68. The molecule has 3 unspecified atom stereocenters. The van der Waals surface area contributed by atoms with Gasteiger partial charge in [-0.3, -0.25) is 4.84 Å². The second kappa shape index (κ2) is 9.51. The average Bonchev–Trinajstić information content (AvgIpc) is 2.46. The molecule has 0 N–H and O–H groups in total. The predicted octanol–water partition coefficient (Wildman–Crippen LogP) is 5.37. The van der Waals surface area contributed by atoms with Crippen molar-refractivity contribution in [3.8, 4) is 0 Å². The molecule has 0 radical (unpaired) electrons. The van der Waals surface area contributed by atoms with Crippen LogP contribution in [0.2, 0.25) is 0 Å². The molecule has 0 heterocycles. The van der Waals surface area contributed by atoms with Crippen molar-refractivity contribution in [2.24, 2.45) is 11.3 Å². The van der Waals surface area contributed by atoms with Gasteiger partial charge in [-0.25, -0.2) is 0 Å². The third-order valence-electron chi connectivity index (χ3n) is 4.67. The molecule has 0 spiro atoms. The van der Waals surface area contributed by atoms with E-state index in [2.05, 4.69) is 63.7 Å². The highest BCUT2D eigenvalue weighted by Crippen LogP contribution is 2.41. The highest BCUT2D eigenvalue weighted by Gasteiger charge is 2.37. The molecule has 3 atom stereocenters. The van der Waals surface area contributed by atoms with E-state index in [0.717, 1.165) is 12.3 Å². The summed E-state index contributed by atoms with van der Waals surface area (Å²) in [7, 11) is 0. The standard InChI is InChI=1S/C20H36BrNO2/c1-8-12-22(13-9-2)23-15-20(6,7)24-18-11-10-16(14-17(18)21)19(3,4)5/h8-9,16-18H,1-2,10-15H2,3-7H3. The van der Waals surface area contributed by atoms with Crippen molar-refractivity contribution in [2.75, 3.05) is 19.7 Å². The first kappa shape index (κ1) is 21.9. The molecule has 1 saturated carbocycles. The molecule has 0 aromatic heterocycles. The Kier molecular flexibility index (Phi) is 8.67. The van der Waals surface area contributed by atoms with E-state index in [4.69, 9.17) is 9.57 Å². The van der Waals surface area contributed by atoms with Gasteiger partial charge in [-0.15, -0.1) is 13.2 Å². The molecule has 0 amide bonds. The van der Waals surface area contributed by atoms with Crippen molar-refractivity contribution in [1.82, 2.24) is 5.06 Å². The molecule has 0 aromatic carbocycles. The number of hydroxylamine groups is 2. The molecule has 1 aliphatic rings. The van der Waals surface area contributed by atoms with Gasteiger partial charge in [0.25, 0.3) is 0 Å². The molecule has 0 aliphatic heterocycles. The van der Waals surface area contributed by atoms with E-state index >= 15 is 0 Å². The predicted molar refractivity (Wildman–Crippen MR) is 106 cm³/mol. The van der Waals surface area contributed by atoms with Crippen molar-refractivity contribution >= 4 is 15.9 Å². The Morgan fingerprint density at radius 3 is 2.12 bits per heavy atom. The van der Waals surface area contributed by atoms with Gasteiger partial charge in [-0.2, -0.15) is 5.06 Å². The van der Waals surface area contributed by atoms with E-state index < -0.39 is 0 Å². The summed E-state index contributed by atoms with van der Waals surface area (Å²) in [6.45, 7) is 20.6. The quantitative estimate of drug-likeness (QED) is 0.294. The summed E-state index contributed by atoms with van der Waals surface area (Å²) >= 11 is 3.87. The van der Waals surface area contributed by atoms with Crippen LogP contribution in [0.4, 0.5) is 0 Å². The molecule has 24 heavy (non-hydrogen) atoms. The number of rotatable bonds is 9. The van der Waals surface area contributed by atoms with Gasteiger partial charge in [0.1, 0.15) is 0 Å². The number of halogens is 1. The van der Waals surface area contributed by atoms with Gasteiger partial charge < -0.3 is 4.74 Å². The van der Waals surface area contributed by atoms with Gasteiger partial charge in [0, 0.05) is 17.9 Å². The summed E-state index contributed by atoms with van der Waals surface area (Å²) in [4.78, 5) is 6.30. The zero-order valence-corrected chi connectivity index (χ0v) is 17.8. The zero-order chi connectivity index (χ0) is 18.4. The minimum absolute atomic E-state index is 0.245. The maximum Gasteiger partial charge on any atom is 0.0970 e. The Balaban J connectivity index is 2.51. The van der Waals surface area contributed by atoms with Crippen LogP contribution in [0.5, 0.6) is 0 Å². The minimum atomic E-state index is -0.328. The first-order valence-corrected chi connectivity index (χ1v) is 9.92. The molecule has 4 heteroatoms. The fourth-order valence-electron chi connectivity index (χ4n) is 3.17. The van der Waals surface area contributed by atoms with Crippen LogP contribution in [0.3, 0.4) is 0 Å². The van der Waals surface area contributed by atoms with Crippen LogP contribution >= 0.6 is 15.9 Å². The summed E-state index contributed by atoms with van der Waals surface area (Å²) in [5.41, 5.74) is 0.0390. The topological polar surface area (TPSA) is 21.7 Å². The highest BCUT2D eigenvalue weighted by molar-refractivity contribution is 9.09. The Bertz CT molecular complexity index is 393. The fraction of sp³-hybridized carbons (Fsp3) is 0.800. The molecule has 1 aliphatic carbocycles. The maximum absolute atomic E-state index is 6.41. The smallest absolute Gasteiger partial charge is 0.0970 e. The summed E-state index contributed by atoms with van der Waals surface area (Å²) in [6, 6.07) is 0. The normalized spacial score (nSPS) is 25.7. The van der Waals surface area contributed by atoms with Gasteiger partial charge in [-0.05, 0) is 44.4 Å². The van der Waals surface area contributed by atoms with E-state index in [1.807, 2.05) is 17.2 Å². The van der Waals surface area contributed by atoms with Gasteiger partial charge in [-0.1, -0.05) is 48.9 Å². The van der Waals surface area contributed by atoms with Crippen LogP contribution in [0, 0.1) is 11.3 Å². The average molecular weight is 402 g/mol. The fourth-order valence-corrected chi connectivity index (χ4v) is 3.99.